The maximum Gasteiger partial charge on any atom is 0.254 e. The second-order valence-electron chi connectivity index (χ2n) is 6.41. The van der Waals surface area contributed by atoms with E-state index in [-0.39, 0.29) is 6.04 Å². The number of hydrogen-bond acceptors (Lipinski definition) is 5. The third-order valence-electron chi connectivity index (χ3n) is 4.34. The first-order chi connectivity index (χ1) is 13.1. The predicted molar refractivity (Wildman–Crippen MR) is 109 cm³/mol. The Morgan fingerprint density at radius 1 is 1.22 bits per heavy atom. The van der Waals surface area contributed by atoms with Crippen LogP contribution in [-0.2, 0) is 6.42 Å². The maximum absolute atomic E-state index is 4.55. The normalized spacial score (nSPS) is 12.4. The largest absolute Gasteiger partial charge is 0.360 e. The standard InChI is InChI=1S/C19H20BrN7/c1-3-4-15-9-17(27-19(25-15)22-11-23-27)24-12(2)18-21-10-16(26-18)13-5-7-14(20)8-6-13/h5-12,24H,3-4H2,1-2H3,(H,21,26). The van der Waals surface area contributed by atoms with Crippen molar-refractivity contribution in [2.45, 2.75) is 32.7 Å². The number of hydrogen-bond donors (Lipinski definition) is 2. The van der Waals surface area contributed by atoms with Crippen molar-refractivity contribution in [3.8, 4) is 11.3 Å². The monoisotopic (exact) mass is 425 g/mol. The van der Waals surface area contributed by atoms with Gasteiger partial charge in [-0.05, 0) is 31.0 Å². The molecule has 0 saturated carbocycles. The zero-order chi connectivity index (χ0) is 18.8. The molecule has 0 amide bonds. The van der Waals surface area contributed by atoms with Gasteiger partial charge in [-0.2, -0.15) is 14.6 Å². The Kier molecular flexibility index (Phi) is 4.89. The summed E-state index contributed by atoms with van der Waals surface area (Å²) < 4.78 is 2.77. The van der Waals surface area contributed by atoms with Gasteiger partial charge in [0.2, 0.25) is 0 Å². The van der Waals surface area contributed by atoms with Crippen molar-refractivity contribution in [3.05, 3.63) is 58.8 Å². The van der Waals surface area contributed by atoms with E-state index in [0.29, 0.717) is 5.78 Å². The van der Waals surface area contributed by atoms with Gasteiger partial charge >= 0.3 is 0 Å². The quantitative estimate of drug-likeness (QED) is 0.478. The molecule has 2 N–H and O–H groups in total. The fraction of sp³-hybridized carbons (Fsp3) is 0.263. The molecule has 0 saturated heterocycles. The van der Waals surface area contributed by atoms with Crippen molar-refractivity contribution in [1.82, 2.24) is 29.5 Å². The highest BCUT2D eigenvalue weighted by atomic mass is 79.9. The van der Waals surface area contributed by atoms with E-state index >= 15 is 0 Å². The molecule has 3 aromatic heterocycles. The summed E-state index contributed by atoms with van der Waals surface area (Å²) in [6.45, 7) is 4.20. The third-order valence-corrected chi connectivity index (χ3v) is 4.86. The summed E-state index contributed by atoms with van der Waals surface area (Å²) in [4.78, 5) is 16.7. The molecule has 4 aromatic rings. The van der Waals surface area contributed by atoms with Crippen LogP contribution in [0, 0.1) is 0 Å². The smallest absolute Gasteiger partial charge is 0.254 e. The van der Waals surface area contributed by atoms with E-state index < -0.39 is 0 Å². The fourth-order valence-electron chi connectivity index (χ4n) is 2.97. The molecule has 4 rings (SSSR count). The van der Waals surface area contributed by atoms with Gasteiger partial charge in [-0.3, -0.25) is 0 Å². The molecule has 7 nitrogen and oxygen atoms in total. The molecule has 0 radical (unpaired) electrons. The van der Waals surface area contributed by atoms with E-state index in [0.717, 1.165) is 45.9 Å². The number of nitrogens with zero attached hydrogens (tertiary/aromatic N) is 5. The van der Waals surface area contributed by atoms with Gasteiger partial charge in [-0.1, -0.05) is 41.4 Å². The van der Waals surface area contributed by atoms with Gasteiger partial charge in [-0.25, -0.2) is 9.97 Å². The summed E-state index contributed by atoms with van der Waals surface area (Å²) in [7, 11) is 0. The van der Waals surface area contributed by atoms with Crippen LogP contribution in [-0.4, -0.2) is 29.5 Å². The van der Waals surface area contributed by atoms with Crippen LogP contribution in [0.5, 0.6) is 0 Å². The molecular weight excluding hydrogens is 406 g/mol. The Labute approximate surface area is 165 Å². The lowest BCUT2D eigenvalue weighted by Crippen LogP contribution is -2.13. The van der Waals surface area contributed by atoms with Gasteiger partial charge in [0.1, 0.15) is 18.0 Å². The Bertz CT molecular complexity index is 1050. The lowest BCUT2D eigenvalue weighted by molar-refractivity contribution is 0.782. The zero-order valence-electron chi connectivity index (χ0n) is 15.1. The summed E-state index contributed by atoms with van der Waals surface area (Å²) in [5.74, 6) is 2.32. The van der Waals surface area contributed by atoms with Gasteiger partial charge in [-0.15, -0.1) is 0 Å². The number of rotatable bonds is 6. The number of imidazole rings is 1. The van der Waals surface area contributed by atoms with Gasteiger partial charge in [0.05, 0.1) is 17.9 Å². The highest BCUT2D eigenvalue weighted by Gasteiger charge is 2.14. The van der Waals surface area contributed by atoms with Crippen molar-refractivity contribution in [1.29, 1.82) is 0 Å². The molecular formula is C19H20BrN7. The number of aryl methyl sites for hydroxylation is 1. The van der Waals surface area contributed by atoms with E-state index in [1.807, 2.05) is 24.4 Å². The van der Waals surface area contributed by atoms with Gasteiger partial charge in [0.25, 0.3) is 5.78 Å². The van der Waals surface area contributed by atoms with E-state index in [1.165, 1.54) is 6.33 Å². The number of fused-ring (bicyclic) bond motifs is 1. The number of halogens is 1. The average Bonchev–Trinajstić information content (AvgIpc) is 3.32. The molecule has 138 valence electrons. The van der Waals surface area contributed by atoms with Crippen LogP contribution in [0.15, 0.2) is 47.3 Å². The van der Waals surface area contributed by atoms with Crippen LogP contribution in [0.25, 0.3) is 17.0 Å². The van der Waals surface area contributed by atoms with Crippen LogP contribution in [0.4, 0.5) is 5.82 Å². The molecule has 8 heteroatoms. The first kappa shape index (κ1) is 17.7. The summed E-state index contributed by atoms with van der Waals surface area (Å²) in [5.41, 5.74) is 3.08. The molecule has 27 heavy (non-hydrogen) atoms. The van der Waals surface area contributed by atoms with Crippen LogP contribution >= 0.6 is 15.9 Å². The molecule has 0 aliphatic heterocycles. The number of anilines is 1. The summed E-state index contributed by atoms with van der Waals surface area (Å²) in [6, 6.07) is 10.1. The lowest BCUT2D eigenvalue weighted by Gasteiger charge is -2.14. The van der Waals surface area contributed by atoms with Crippen LogP contribution < -0.4 is 5.32 Å². The molecule has 0 aliphatic rings. The highest BCUT2D eigenvalue weighted by Crippen LogP contribution is 2.23. The lowest BCUT2D eigenvalue weighted by atomic mass is 10.2. The number of aromatic nitrogens is 6. The Hall–Kier alpha value is -2.74. The topological polar surface area (TPSA) is 83.8 Å². The minimum atomic E-state index is -0.0292. The molecule has 1 aromatic carbocycles. The van der Waals surface area contributed by atoms with Crippen molar-refractivity contribution in [3.63, 3.8) is 0 Å². The molecule has 1 unspecified atom stereocenters. The van der Waals surface area contributed by atoms with E-state index in [2.05, 4.69) is 72.3 Å². The highest BCUT2D eigenvalue weighted by molar-refractivity contribution is 9.10. The fourth-order valence-corrected chi connectivity index (χ4v) is 3.24. The number of aromatic amines is 1. The number of H-pyrrole nitrogens is 1. The molecule has 1 atom stereocenters. The first-order valence-corrected chi connectivity index (χ1v) is 9.70. The molecule has 0 fully saturated rings. The van der Waals surface area contributed by atoms with Crippen molar-refractivity contribution in [2.24, 2.45) is 0 Å². The van der Waals surface area contributed by atoms with E-state index in [4.69, 9.17) is 0 Å². The van der Waals surface area contributed by atoms with Crippen molar-refractivity contribution < 1.29 is 0 Å². The molecule has 3 heterocycles. The Morgan fingerprint density at radius 3 is 2.81 bits per heavy atom. The molecule has 0 spiro atoms. The Morgan fingerprint density at radius 2 is 2.04 bits per heavy atom. The van der Waals surface area contributed by atoms with Gasteiger partial charge in [0, 0.05) is 16.2 Å². The number of benzene rings is 1. The van der Waals surface area contributed by atoms with Crippen LogP contribution in [0.2, 0.25) is 0 Å². The van der Waals surface area contributed by atoms with Gasteiger partial charge in [0.15, 0.2) is 0 Å². The Balaban J connectivity index is 1.59. The summed E-state index contributed by atoms with van der Waals surface area (Å²) in [6.07, 6.45) is 5.31. The first-order valence-electron chi connectivity index (χ1n) is 8.91. The predicted octanol–water partition coefficient (Wildman–Crippen LogP) is 4.40. The van der Waals surface area contributed by atoms with Crippen molar-refractivity contribution >= 4 is 27.5 Å². The van der Waals surface area contributed by atoms with Gasteiger partial charge < -0.3 is 10.3 Å². The maximum atomic E-state index is 4.55. The summed E-state index contributed by atoms with van der Waals surface area (Å²) in [5, 5.41) is 7.75. The van der Waals surface area contributed by atoms with Crippen LogP contribution in [0.1, 0.15) is 37.8 Å². The molecule has 0 bridgehead atoms. The second kappa shape index (κ2) is 7.48. The third kappa shape index (κ3) is 3.71. The SMILES string of the molecule is CCCc1cc(NC(C)c2ncc(-c3ccc(Br)cc3)[nH]2)n2ncnc2n1. The van der Waals surface area contributed by atoms with E-state index in [9.17, 15) is 0 Å². The minimum Gasteiger partial charge on any atom is -0.360 e. The zero-order valence-corrected chi connectivity index (χ0v) is 16.7. The van der Waals surface area contributed by atoms with Crippen molar-refractivity contribution in [2.75, 3.05) is 5.32 Å². The minimum absolute atomic E-state index is 0.0292. The van der Waals surface area contributed by atoms with E-state index in [1.54, 1.807) is 4.52 Å². The van der Waals surface area contributed by atoms with Crippen LogP contribution in [0.3, 0.4) is 0 Å². The number of nitrogens with one attached hydrogen (secondary N) is 2. The summed E-state index contributed by atoms with van der Waals surface area (Å²) >= 11 is 3.46. The average molecular weight is 426 g/mol. The second-order valence-corrected chi connectivity index (χ2v) is 7.33. The molecule has 0 aliphatic carbocycles.